The second-order valence-electron chi connectivity index (χ2n) is 9.63. The van der Waals surface area contributed by atoms with Gasteiger partial charge in [0.2, 0.25) is 0 Å². The molecule has 2 N–H and O–H groups in total. The molecule has 0 aromatic heterocycles. The van der Waals surface area contributed by atoms with E-state index in [9.17, 15) is 10.2 Å². The van der Waals surface area contributed by atoms with Gasteiger partial charge < -0.3 is 10.2 Å². The minimum atomic E-state index is -0.136. The fourth-order valence-corrected chi connectivity index (χ4v) is 4.50. The SMILES string of the molecule is C=C(C)C1=C(O)C(C(CCC)c2cc(CC)cc(C(C)(C)C)c2O)CC(CC)=C1. The van der Waals surface area contributed by atoms with Crippen molar-refractivity contribution < 1.29 is 10.2 Å². The van der Waals surface area contributed by atoms with Crippen LogP contribution in [-0.4, -0.2) is 10.2 Å². The zero-order valence-electron chi connectivity index (χ0n) is 19.5. The van der Waals surface area contributed by atoms with Crippen LogP contribution in [0.1, 0.15) is 96.8 Å². The number of rotatable bonds is 7. The van der Waals surface area contributed by atoms with E-state index in [0.29, 0.717) is 11.5 Å². The molecule has 0 fully saturated rings. The van der Waals surface area contributed by atoms with E-state index in [2.05, 4.69) is 66.3 Å². The lowest BCUT2D eigenvalue weighted by molar-refractivity contribution is 0.277. The Hall–Kier alpha value is -1.96. The van der Waals surface area contributed by atoms with Gasteiger partial charge >= 0.3 is 0 Å². The van der Waals surface area contributed by atoms with Gasteiger partial charge in [0.15, 0.2) is 0 Å². The molecule has 2 nitrogen and oxygen atoms in total. The Morgan fingerprint density at radius 2 is 1.79 bits per heavy atom. The highest BCUT2D eigenvalue weighted by molar-refractivity contribution is 5.51. The third kappa shape index (κ3) is 4.97. The molecule has 0 radical (unpaired) electrons. The number of aliphatic hydroxyl groups is 1. The lowest BCUT2D eigenvalue weighted by Gasteiger charge is -2.34. The first-order chi connectivity index (χ1) is 13.5. The zero-order chi connectivity index (χ0) is 21.9. The average Bonchev–Trinajstić information content (AvgIpc) is 2.66. The van der Waals surface area contributed by atoms with Crippen LogP contribution in [0.3, 0.4) is 0 Å². The first-order valence-corrected chi connectivity index (χ1v) is 11.2. The predicted molar refractivity (Wildman–Crippen MR) is 125 cm³/mol. The minimum Gasteiger partial charge on any atom is -0.511 e. The summed E-state index contributed by atoms with van der Waals surface area (Å²) >= 11 is 0. The number of allylic oxidation sites excluding steroid dienone is 5. The molecule has 0 saturated carbocycles. The van der Waals surface area contributed by atoms with Crippen LogP contribution in [0.5, 0.6) is 5.75 Å². The first-order valence-electron chi connectivity index (χ1n) is 11.2. The van der Waals surface area contributed by atoms with Crippen LogP contribution < -0.4 is 0 Å². The number of phenolic OH excluding ortho intramolecular Hbond substituents is 1. The van der Waals surface area contributed by atoms with Gasteiger partial charge in [-0.2, -0.15) is 0 Å². The molecule has 1 aliphatic rings. The molecule has 0 spiro atoms. The molecule has 0 amide bonds. The molecule has 0 bridgehead atoms. The number of aliphatic hydroxyl groups excluding tert-OH is 1. The summed E-state index contributed by atoms with van der Waals surface area (Å²) in [5, 5.41) is 22.5. The Morgan fingerprint density at radius 3 is 2.28 bits per heavy atom. The van der Waals surface area contributed by atoms with Crippen molar-refractivity contribution in [3.05, 3.63) is 64.0 Å². The molecule has 0 heterocycles. The largest absolute Gasteiger partial charge is 0.511 e. The molecule has 2 heteroatoms. The van der Waals surface area contributed by atoms with Crippen molar-refractivity contribution in [1.82, 2.24) is 0 Å². The second-order valence-corrected chi connectivity index (χ2v) is 9.63. The van der Waals surface area contributed by atoms with E-state index in [1.54, 1.807) is 0 Å². The number of hydrogen-bond donors (Lipinski definition) is 2. The van der Waals surface area contributed by atoms with Gasteiger partial charge in [-0.3, -0.25) is 0 Å². The zero-order valence-corrected chi connectivity index (χ0v) is 19.5. The third-order valence-electron chi connectivity index (χ3n) is 6.27. The van der Waals surface area contributed by atoms with Crippen LogP contribution in [0.15, 0.2) is 47.3 Å². The lowest BCUT2D eigenvalue weighted by atomic mass is 9.72. The first kappa shape index (κ1) is 23.3. The summed E-state index contributed by atoms with van der Waals surface area (Å²) in [6, 6.07) is 4.32. The van der Waals surface area contributed by atoms with E-state index in [-0.39, 0.29) is 17.3 Å². The number of aromatic hydroxyl groups is 1. The van der Waals surface area contributed by atoms with Crippen LogP contribution in [0.25, 0.3) is 0 Å². The average molecular weight is 397 g/mol. The smallest absolute Gasteiger partial charge is 0.122 e. The molecule has 1 aromatic carbocycles. The van der Waals surface area contributed by atoms with Crippen LogP contribution in [-0.2, 0) is 11.8 Å². The van der Waals surface area contributed by atoms with E-state index in [1.165, 1.54) is 11.1 Å². The van der Waals surface area contributed by atoms with E-state index in [1.807, 2.05) is 6.92 Å². The summed E-state index contributed by atoms with van der Waals surface area (Å²) < 4.78 is 0. The maximum atomic E-state index is 11.3. The van der Waals surface area contributed by atoms with Gasteiger partial charge in [-0.15, -0.1) is 0 Å². The maximum Gasteiger partial charge on any atom is 0.122 e. The van der Waals surface area contributed by atoms with Crippen LogP contribution in [0, 0.1) is 5.92 Å². The molecular weight excluding hydrogens is 356 g/mol. The topological polar surface area (TPSA) is 40.5 Å². The molecule has 2 atom stereocenters. The standard InChI is InChI=1S/C27H40O2/c1-9-12-20(22-14-18(10-2)13-21(17(4)5)25(22)28)23-15-19(11-3)16-24(26(23)29)27(6,7)8/h13,15-16,20,22,28-29H,4,9-12,14H2,1-3,5-8H3. The fourth-order valence-electron chi connectivity index (χ4n) is 4.50. The molecule has 0 aliphatic heterocycles. The molecule has 2 unspecified atom stereocenters. The van der Waals surface area contributed by atoms with Crippen molar-refractivity contribution in [2.24, 2.45) is 5.92 Å². The summed E-state index contributed by atoms with van der Waals surface area (Å²) in [7, 11) is 0. The Morgan fingerprint density at radius 1 is 1.14 bits per heavy atom. The highest BCUT2D eigenvalue weighted by atomic mass is 16.3. The summed E-state index contributed by atoms with van der Waals surface area (Å²) in [4.78, 5) is 0. The van der Waals surface area contributed by atoms with E-state index in [4.69, 9.17) is 0 Å². The van der Waals surface area contributed by atoms with Crippen molar-refractivity contribution >= 4 is 0 Å². The fraction of sp³-hybridized carbons (Fsp3) is 0.556. The molecular formula is C27H40O2. The highest BCUT2D eigenvalue weighted by Crippen LogP contribution is 2.47. The van der Waals surface area contributed by atoms with Crippen molar-refractivity contribution in [3.63, 3.8) is 0 Å². The van der Waals surface area contributed by atoms with Gasteiger partial charge in [-0.05, 0) is 66.2 Å². The van der Waals surface area contributed by atoms with Gasteiger partial charge in [0, 0.05) is 11.5 Å². The summed E-state index contributed by atoms with van der Waals surface area (Å²) in [5.41, 5.74) is 6.22. The number of phenols is 1. The van der Waals surface area contributed by atoms with Crippen LogP contribution in [0.4, 0.5) is 0 Å². The molecule has 1 aromatic rings. The van der Waals surface area contributed by atoms with Gasteiger partial charge in [0.25, 0.3) is 0 Å². The van der Waals surface area contributed by atoms with Crippen molar-refractivity contribution in [1.29, 1.82) is 0 Å². The third-order valence-corrected chi connectivity index (χ3v) is 6.27. The number of aryl methyl sites for hydroxylation is 1. The highest BCUT2D eigenvalue weighted by Gasteiger charge is 2.34. The maximum absolute atomic E-state index is 11.3. The van der Waals surface area contributed by atoms with E-state index in [0.717, 1.165) is 54.4 Å². The van der Waals surface area contributed by atoms with Crippen molar-refractivity contribution in [2.75, 3.05) is 0 Å². The molecule has 160 valence electrons. The van der Waals surface area contributed by atoms with E-state index < -0.39 is 0 Å². The van der Waals surface area contributed by atoms with Crippen LogP contribution in [0.2, 0.25) is 0 Å². The summed E-state index contributed by atoms with van der Waals surface area (Å²) in [6.07, 6.45) is 6.78. The molecule has 29 heavy (non-hydrogen) atoms. The Labute approximate surface area is 178 Å². The molecule has 2 rings (SSSR count). The van der Waals surface area contributed by atoms with Crippen molar-refractivity contribution in [2.45, 2.75) is 91.9 Å². The number of benzene rings is 1. The van der Waals surface area contributed by atoms with Crippen molar-refractivity contribution in [3.8, 4) is 5.75 Å². The molecule has 1 aliphatic carbocycles. The quantitative estimate of drug-likeness (QED) is 0.492. The lowest BCUT2D eigenvalue weighted by Crippen LogP contribution is -2.22. The second kappa shape index (κ2) is 9.24. The monoisotopic (exact) mass is 396 g/mol. The van der Waals surface area contributed by atoms with Gasteiger partial charge in [0.1, 0.15) is 11.5 Å². The van der Waals surface area contributed by atoms with Gasteiger partial charge in [-0.1, -0.05) is 78.3 Å². The summed E-state index contributed by atoms with van der Waals surface area (Å²) in [6.45, 7) is 19.0. The predicted octanol–water partition coefficient (Wildman–Crippen LogP) is 7.88. The minimum absolute atomic E-state index is 0.0209. The number of hydrogen-bond acceptors (Lipinski definition) is 2. The Kier molecular flexibility index (Phi) is 7.43. The van der Waals surface area contributed by atoms with E-state index >= 15 is 0 Å². The molecule has 0 saturated heterocycles. The van der Waals surface area contributed by atoms with Gasteiger partial charge in [0.05, 0.1) is 0 Å². The normalized spacial score (nSPS) is 18.6. The Balaban J connectivity index is 2.69. The van der Waals surface area contributed by atoms with Gasteiger partial charge in [-0.25, -0.2) is 0 Å². The summed E-state index contributed by atoms with van der Waals surface area (Å²) in [5.74, 6) is 0.904. The Bertz CT molecular complexity index is 818. The van der Waals surface area contributed by atoms with Crippen LogP contribution >= 0.6 is 0 Å².